The Morgan fingerprint density at radius 1 is 1.33 bits per heavy atom. The molecular weight excluding hydrogens is 293 g/mol. The number of nitrogens with zero attached hydrogens (tertiary/aromatic N) is 1. The standard InChI is InChI=1S/C15H15ClFN3O/c1-3-11-6-9(7-14(18-2)19-11)15(21)20-13-5-4-10(17)8-12(13)16/h4-8H,3H2,1-2H3,(H,18,19)(H,20,21). The fourth-order valence-corrected chi connectivity index (χ4v) is 2.03. The van der Waals surface area contributed by atoms with Crippen LogP contribution in [0.1, 0.15) is 23.0 Å². The van der Waals surface area contributed by atoms with Crippen molar-refractivity contribution in [1.82, 2.24) is 4.98 Å². The van der Waals surface area contributed by atoms with Gasteiger partial charge in [-0.1, -0.05) is 18.5 Å². The normalized spacial score (nSPS) is 10.3. The predicted octanol–water partition coefficient (Wildman–Crippen LogP) is 3.73. The summed E-state index contributed by atoms with van der Waals surface area (Å²) in [5.41, 5.74) is 1.63. The average Bonchev–Trinajstić information content (AvgIpc) is 2.49. The third-order valence-corrected chi connectivity index (χ3v) is 3.25. The van der Waals surface area contributed by atoms with E-state index in [1.807, 2.05) is 6.92 Å². The molecule has 2 aromatic rings. The SMILES string of the molecule is CCc1cc(C(=O)Nc2ccc(F)cc2Cl)cc(NC)n1. The molecule has 2 rings (SSSR count). The van der Waals surface area contributed by atoms with Gasteiger partial charge in [0.25, 0.3) is 5.91 Å². The zero-order chi connectivity index (χ0) is 15.4. The van der Waals surface area contributed by atoms with Gasteiger partial charge in [0.15, 0.2) is 0 Å². The van der Waals surface area contributed by atoms with E-state index in [1.165, 1.54) is 12.1 Å². The molecule has 1 aromatic heterocycles. The molecule has 1 heterocycles. The second kappa shape index (κ2) is 6.54. The number of benzene rings is 1. The maximum absolute atomic E-state index is 13.0. The summed E-state index contributed by atoms with van der Waals surface area (Å²) >= 11 is 5.90. The third-order valence-electron chi connectivity index (χ3n) is 2.94. The Kier molecular flexibility index (Phi) is 4.75. The number of nitrogens with one attached hydrogen (secondary N) is 2. The van der Waals surface area contributed by atoms with Gasteiger partial charge in [-0.2, -0.15) is 0 Å². The summed E-state index contributed by atoms with van der Waals surface area (Å²) in [4.78, 5) is 16.6. The maximum Gasteiger partial charge on any atom is 0.255 e. The Bertz CT molecular complexity index is 654. The quantitative estimate of drug-likeness (QED) is 0.905. The number of carbonyl (C=O) groups excluding carboxylic acids is 1. The lowest BCUT2D eigenvalue weighted by atomic mass is 10.1. The van der Waals surface area contributed by atoms with Crippen LogP contribution < -0.4 is 10.6 Å². The number of amides is 1. The van der Waals surface area contributed by atoms with Crippen LogP contribution in [0.25, 0.3) is 0 Å². The minimum atomic E-state index is -0.451. The second-order valence-electron chi connectivity index (χ2n) is 4.41. The van der Waals surface area contributed by atoms with Crippen LogP contribution >= 0.6 is 11.6 Å². The van der Waals surface area contributed by atoms with E-state index in [0.29, 0.717) is 23.5 Å². The first-order valence-electron chi connectivity index (χ1n) is 6.48. The van der Waals surface area contributed by atoms with E-state index >= 15 is 0 Å². The highest BCUT2D eigenvalue weighted by atomic mass is 35.5. The van der Waals surface area contributed by atoms with Crippen LogP contribution in [-0.2, 0) is 6.42 Å². The number of carbonyl (C=O) groups is 1. The Balaban J connectivity index is 2.27. The largest absolute Gasteiger partial charge is 0.373 e. The lowest BCUT2D eigenvalue weighted by molar-refractivity contribution is 0.102. The van der Waals surface area contributed by atoms with E-state index in [9.17, 15) is 9.18 Å². The van der Waals surface area contributed by atoms with E-state index in [0.717, 1.165) is 11.8 Å². The molecule has 0 aliphatic rings. The topological polar surface area (TPSA) is 54.0 Å². The summed E-state index contributed by atoms with van der Waals surface area (Å²) in [6.45, 7) is 1.96. The fraction of sp³-hybridized carbons (Fsp3) is 0.200. The van der Waals surface area contributed by atoms with Crippen molar-refractivity contribution in [3.05, 3.63) is 52.4 Å². The van der Waals surface area contributed by atoms with Crippen molar-refractivity contribution >= 4 is 29.0 Å². The molecule has 1 aromatic carbocycles. The first-order chi connectivity index (χ1) is 10.0. The minimum absolute atomic E-state index is 0.155. The number of aromatic nitrogens is 1. The van der Waals surface area contributed by atoms with E-state index < -0.39 is 5.82 Å². The average molecular weight is 308 g/mol. The van der Waals surface area contributed by atoms with Crippen LogP contribution in [0.2, 0.25) is 5.02 Å². The maximum atomic E-state index is 13.0. The summed E-state index contributed by atoms with van der Waals surface area (Å²) in [6.07, 6.45) is 0.715. The molecule has 0 spiro atoms. The van der Waals surface area contributed by atoms with Gasteiger partial charge in [0, 0.05) is 18.3 Å². The van der Waals surface area contributed by atoms with Gasteiger partial charge in [-0.05, 0) is 36.8 Å². The Morgan fingerprint density at radius 2 is 2.10 bits per heavy atom. The monoisotopic (exact) mass is 307 g/mol. The summed E-state index contributed by atoms with van der Waals surface area (Å²) < 4.78 is 13.0. The molecule has 6 heteroatoms. The molecule has 4 nitrogen and oxygen atoms in total. The van der Waals surface area contributed by atoms with Crippen molar-refractivity contribution in [2.45, 2.75) is 13.3 Å². The zero-order valence-corrected chi connectivity index (χ0v) is 12.5. The number of hydrogen-bond donors (Lipinski definition) is 2. The van der Waals surface area contributed by atoms with E-state index in [-0.39, 0.29) is 10.9 Å². The van der Waals surface area contributed by atoms with Gasteiger partial charge in [-0.15, -0.1) is 0 Å². The molecule has 0 radical (unpaired) electrons. The number of hydrogen-bond acceptors (Lipinski definition) is 3. The second-order valence-corrected chi connectivity index (χ2v) is 4.82. The van der Waals surface area contributed by atoms with Gasteiger partial charge in [0.2, 0.25) is 0 Å². The van der Waals surface area contributed by atoms with Crippen molar-refractivity contribution in [2.24, 2.45) is 0 Å². The fourth-order valence-electron chi connectivity index (χ4n) is 1.81. The van der Waals surface area contributed by atoms with Gasteiger partial charge in [0.1, 0.15) is 11.6 Å². The number of rotatable bonds is 4. The molecule has 0 bridgehead atoms. The summed E-state index contributed by atoms with van der Waals surface area (Å²) in [5.74, 6) is -0.158. The molecule has 0 aliphatic heterocycles. The third kappa shape index (κ3) is 3.70. The van der Waals surface area contributed by atoms with E-state index in [4.69, 9.17) is 11.6 Å². The van der Waals surface area contributed by atoms with Gasteiger partial charge < -0.3 is 10.6 Å². The predicted molar refractivity (Wildman–Crippen MR) is 82.5 cm³/mol. The molecule has 0 atom stereocenters. The van der Waals surface area contributed by atoms with Crippen LogP contribution in [0, 0.1) is 5.82 Å². The van der Waals surface area contributed by atoms with E-state index in [1.54, 1.807) is 19.2 Å². The lowest BCUT2D eigenvalue weighted by Crippen LogP contribution is -2.13. The molecular formula is C15H15ClFN3O. The summed E-state index contributed by atoms with van der Waals surface area (Å²) in [7, 11) is 1.74. The van der Waals surface area contributed by atoms with Crippen LogP contribution in [-0.4, -0.2) is 17.9 Å². The molecule has 0 aliphatic carbocycles. The van der Waals surface area contributed by atoms with Crippen molar-refractivity contribution in [3.8, 4) is 0 Å². The minimum Gasteiger partial charge on any atom is -0.373 e. The lowest BCUT2D eigenvalue weighted by Gasteiger charge is -2.10. The molecule has 0 unspecified atom stereocenters. The van der Waals surface area contributed by atoms with Crippen LogP contribution in [0.15, 0.2) is 30.3 Å². The molecule has 0 saturated carbocycles. The molecule has 1 amide bonds. The number of pyridine rings is 1. The first-order valence-corrected chi connectivity index (χ1v) is 6.86. The molecule has 21 heavy (non-hydrogen) atoms. The van der Waals surface area contributed by atoms with Crippen LogP contribution in [0.4, 0.5) is 15.9 Å². The Labute approximate surface area is 127 Å². The highest BCUT2D eigenvalue weighted by Gasteiger charge is 2.11. The highest BCUT2D eigenvalue weighted by Crippen LogP contribution is 2.23. The smallest absolute Gasteiger partial charge is 0.255 e. The zero-order valence-electron chi connectivity index (χ0n) is 11.7. The molecule has 0 fully saturated rings. The van der Waals surface area contributed by atoms with Crippen LogP contribution in [0.5, 0.6) is 0 Å². The molecule has 0 saturated heterocycles. The van der Waals surface area contributed by atoms with Crippen molar-refractivity contribution < 1.29 is 9.18 Å². The summed E-state index contributed by atoms with van der Waals surface area (Å²) in [5, 5.41) is 5.73. The highest BCUT2D eigenvalue weighted by molar-refractivity contribution is 6.33. The molecule has 2 N–H and O–H groups in total. The molecule has 110 valence electrons. The van der Waals surface area contributed by atoms with Gasteiger partial charge >= 0.3 is 0 Å². The van der Waals surface area contributed by atoms with Gasteiger partial charge in [0.05, 0.1) is 10.7 Å². The first kappa shape index (κ1) is 15.3. The Morgan fingerprint density at radius 3 is 2.71 bits per heavy atom. The Hall–Kier alpha value is -2.14. The van der Waals surface area contributed by atoms with Crippen molar-refractivity contribution in [3.63, 3.8) is 0 Å². The number of aryl methyl sites for hydroxylation is 1. The van der Waals surface area contributed by atoms with Crippen LogP contribution in [0.3, 0.4) is 0 Å². The number of halogens is 2. The van der Waals surface area contributed by atoms with Crippen molar-refractivity contribution in [2.75, 3.05) is 17.7 Å². The van der Waals surface area contributed by atoms with Gasteiger partial charge in [-0.25, -0.2) is 9.37 Å². The van der Waals surface area contributed by atoms with Crippen molar-refractivity contribution in [1.29, 1.82) is 0 Å². The summed E-state index contributed by atoms with van der Waals surface area (Å²) in [6, 6.07) is 7.18. The van der Waals surface area contributed by atoms with E-state index in [2.05, 4.69) is 15.6 Å². The van der Waals surface area contributed by atoms with Gasteiger partial charge in [-0.3, -0.25) is 4.79 Å². The number of anilines is 2.